The van der Waals surface area contributed by atoms with E-state index in [1.54, 1.807) is 48.5 Å². The summed E-state index contributed by atoms with van der Waals surface area (Å²) in [5, 5.41) is 2.96. The first-order valence-corrected chi connectivity index (χ1v) is 12.5. The fourth-order valence-electron chi connectivity index (χ4n) is 3.18. The first kappa shape index (κ1) is 23.0. The molecular weight excluding hydrogens is 476 g/mol. The van der Waals surface area contributed by atoms with Crippen molar-refractivity contribution in [2.24, 2.45) is 0 Å². The summed E-state index contributed by atoms with van der Waals surface area (Å²) in [6, 6.07) is 24.2. The zero-order valence-corrected chi connectivity index (χ0v) is 19.9. The summed E-state index contributed by atoms with van der Waals surface area (Å²) in [5.41, 5.74) is 3.09. The van der Waals surface area contributed by atoms with E-state index in [1.165, 1.54) is 16.1 Å². The first-order chi connectivity index (χ1) is 14.7. The van der Waals surface area contributed by atoms with Crippen LogP contribution < -0.4 is 9.62 Å². The Balaban J connectivity index is 1.65. The highest BCUT2D eigenvalue weighted by atomic mass is 79.9. The van der Waals surface area contributed by atoms with Gasteiger partial charge in [-0.15, -0.1) is 0 Å². The van der Waals surface area contributed by atoms with Gasteiger partial charge in [-0.1, -0.05) is 65.3 Å². The van der Waals surface area contributed by atoms with E-state index in [0.29, 0.717) is 17.8 Å². The Bertz CT molecular complexity index is 1120. The van der Waals surface area contributed by atoms with Crippen molar-refractivity contribution in [3.63, 3.8) is 0 Å². The highest BCUT2D eigenvalue weighted by Crippen LogP contribution is 2.23. The van der Waals surface area contributed by atoms with E-state index < -0.39 is 10.0 Å². The summed E-state index contributed by atoms with van der Waals surface area (Å²) < 4.78 is 26.8. The van der Waals surface area contributed by atoms with Crippen LogP contribution in [0.2, 0.25) is 0 Å². The van der Waals surface area contributed by atoms with Crippen molar-refractivity contribution in [3.05, 3.63) is 100 Å². The zero-order chi connectivity index (χ0) is 22.4. The van der Waals surface area contributed by atoms with E-state index in [4.69, 9.17) is 0 Å². The summed E-state index contributed by atoms with van der Waals surface area (Å²) in [6.07, 6.45) is 1.19. The van der Waals surface area contributed by atoms with Gasteiger partial charge in [-0.05, 0) is 53.4 Å². The minimum Gasteiger partial charge on any atom is -0.351 e. The Kier molecular flexibility index (Phi) is 7.51. The highest BCUT2D eigenvalue weighted by molar-refractivity contribution is 9.10. The minimum atomic E-state index is -3.46. The van der Waals surface area contributed by atoms with Gasteiger partial charge in [0.2, 0.25) is 10.0 Å². The monoisotopic (exact) mass is 500 g/mol. The second-order valence-corrected chi connectivity index (χ2v) is 10.3. The number of hydrogen-bond donors (Lipinski definition) is 1. The molecule has 1 atom stereocenters. The third kappa shape index (κ3) is 6.42. The Morgan fingerprint density at radius 3 is 2.16 bits per heavy atom. The molecule has 0 aliphatic rings. The molecule has 0 aliphatic carbocycles. The number of hydrogen-bond acceptors (Lipinski definition) is 3. The molecule has 5 nitrogen and oxygen atoms in total. The van der Waals surface area contributed by atoms with Crippen molar-refractivity contribution in [1.82, 2.24) is 5.32 Å². The predicted octanol–water partition coefficient (Wildman–Crippen LogP) is 4.95. The zero-order valence-electron chi connectivity index (χ0n) is 17.5. The smallest absolute Gasteiger partial charge is 0.251 e. The number of amides is 1. The molecule has 0 saturated heterocycles. The van der Waals surface area contributed by atoms with Gasteiger partial charge in [0, 0.05) is 16.6 Å². The van der Waals surface area contributed by atoms with E-state index >= 15 is 0 Å². The standard InChI is InChI=1S/C24H25BrN2O3S/c1-18(20-6-4-3-5-7-20)16-26-24(28)21-10-8-19(9-11-21)17-27(31(2,29)30)23-14-12-22(25)13-15-23/h3-15,18H,16-17H2,1-2H3,(H,26,28). The van der Waals surface area contributed by atoms with Crippen LogP contribution in [0.3, 0.4) is 0 Å². The Hall–Kier alpha value is -2.64. The van der Waals surface area contributed by atoms with Crippen molar-refractivity contribution >= 4 is 37.5 Å². The number of carbonyl (C=O) groups excluding carboxylic acids is 1. The molecule has 0 heterocycles. The number of halogens is 1. The molecule has 162 valence electrons. The van der Waals surface area contributed by atoms with Gasteiger partial charge in [0.05, 0.1) is 18.5 Å². The topological polar surface area (TPSA) is 66.5 Å². The SMILES string of the molecule is CC(CNC(=O)c1ccc(CN(c2ccc(Br)cc2)S(C)(=O)=O)cc1)c1ccccc1. The second kappa shape index (κ2) is 10.1. The molecular formula is C24H25BrN2O3S. The molecule has 1 N–H and O–H groups in total. The number of nitrogens with zero attached hydrogens (tertiary/aromatic N) is 1. The molecule has 0 aliphatic heterocycles. The van der Waals surface area contributed by atoms with Crippen molar-refractivity contribution in [3.8, 4) is 0 Å². The predicted molar refractivity (Wildman–Crippen MR) is 129 cm³/mol. The number of anilines is 1. The summed E-state index contributed by atoms with van der Waals surface area (Å²) in [6.45, 7) is 2.80. The van der Waals surface area contributed by atoms with E-state index in [2.05, 4.69) is 28.2 Å². The molecule has 3 aromatic carbocycles. The summed E-state index contributed by atoms with van der Waals surface area (Å²) in [4.78, 5) is 12.5. The lowest BCUT2D eigenvalue weighted by atomic mass is 10.0. The maximum Gasteiger partial charge on any atom is 0.251 e. The molecule has 1 amide bonds. The number of carbonyl (C=O) groups is 1. The molecule has 0 aromatic heterocycles. The highest BCUT2D eigenvalue weighted by Gasteiger charge is 2.18. The third-order valence-corrected chi connectivity index (χ3v) is 6.66. The summed E-state index contributed by atoms with van der Waals surface area (Å²) >= 11 is 3.36. The van der Waals surface area contributed by atoms with E-state index in [1.807, 2.05) is 30.3 Å². The van der Waals surface area contributed by atoms with Crippen LogP contribution in [0, 0.1) is 0 Å². The van der Waals surface area contributed by atoms with Crippen molar-refractivity contribution in [2.75, 3.05) is 17.1 Å². The maximum absolute atomic E-state index is 12.5. The lowest BCUT2D eigenvalue weighted by molar-refractivity contribution is 0.0951. The Labute approximate surface area is 192 Å². The van der Waals surface area contributed by atoms with Crippen LogP contribution in [-0.4, -0.2) is 27.1 Å². The number of benzene rings is 3. The van der Waals surface area contributed by atoms with Crippen LogP contribution in [-0.2, 0) is 16.6 Å². The van der Waals surface area contributed by atoms with Gasteiger partial charge in [0.25, 0.3) is 5.91 Å². The van der Waals surface area contributed by atoms with Crippen molar-refractivity contribution < 1.29 is 13.2 Å². The van der Waals surface area contributed by atoms with Crippen molar-refractivity contribution in [1.29, 1.82) is 0 Å². The number of sulfonamides is 1. The molecule has 0 radical (unpaired) electrons. The minimum absolute atomic E-state index is 0.151. The largest absolute Gasteiger partial charge is 0.351 e. The van der Waals surface area contributed by atoms with Crippen LogP contribution in [0.5, 0.6) is 0 Å². The van der Waals surface area contributed by atoms with E-state index in [-0.39, 0.29) is 18.4 Å². The first-order valence-electron chi connectivity index (χ1n) is 9.89. The number of rotatable bonds is 8. The third-order valence-electron chi connectivity index (χ3n) is 4.99. The molecule has 0 spiro atoms. The van der Waals surface area contributed by atoms with Gasteiger partial charge in [-0.2, -0.15) is 0 Å². The fraction of sp³-hybridized carbons (Fsp3) is 0.208. The average molecular weight is 501 g/mol. The van der Waals surface area contributed by atoms with Crippen LogP contribution in [0.4, 0.5) is 5.69 Å². The van der Waals surface area contributed by atoms with Crippen LogP contribution in [0.25, 0.3) is 0 Å². The maximum atomic E-state index is 12.5. The molecule has 7 heteroatoms. The lowest BCUT2D eigenvalue weighted by Gasteiger charge is -2.22. The van der Waals surface area contributed by atoms with Crippen LogP contribution >= 0.6 is 15.9 Å². The molecule has 3 aromatic rings. The number of nitrogens with one attached hydrogen (secondary N) is 1. The summed E-state index contributed by atoms with van der Waals surface area (Å²) in [7, 11) is -3.46. The van der Waals surface area contributed by atoms with Gasteiger partial charge in [0.15, 0.2) is 0 Å². The average Bonchev–Trinajstić information content (AvgIpc) is 2.76. The van der Waals surface area contributed by atoms with Crippen LogP contribution in [0.15, 0.2) is 83.3 Å². The Morgan fingerprint density at radius 1 is 0.968 bits per heavy atom. The molecule has 1 unspecified atom stereocenters. The van der Waals surface area contributed by atoms with Gasteiger partial charge in [-0.25, -0.2) is 8.42 Å². The fourth-order valence-corrected chi connectivity index (χ4v) is 4.33. The van der Waals surface area contributed by atoms with E-state index in [0.717, 1.165) is 10.0 Å². The van der Waals surface area contributed by atoms with E-state index in [9.17, 15) is 13.2 Å². The van der Waals surface area contributed by atoms with Gasteiger partial charge in [-0.3, -0.25) is 9.10 Å². The Morgan fingerprint density at radius 2 is 1.58 bits per heavy atom. The molecule has 0 saturated carbocycles. The lowest BCUT2D eigenvalue weighted by Crippen LogP contribution is -2.29. The molecule has 31 heavy (non-hydrogen) atoms. The second-order valence-electron chi connectivity index (χ2n) is 7.46. The van der Waals surface area contributed by atoms with Crippen LogP contribution in [0.1, 0.15) is 34.3 Å². The van der Waals surface area contributed by atoms with Crippen molar-refractivity contribution in [2.45, 2.75) is 19.4 Å². The normalized spacial score (nSPS) is 12.2. The summed E-state index contributed by atoms with van der Waals surface area (Å²) in [5.74, 6) is 0.0564. The van der Waals surface area contributed by atoms with Gasteiger partial charge < -0.3 is 5.32 Å². The van der Waals surface area contributed by atoms with Gasteiger partial charge >= 0.3 is 0 Å². The molecule has 0 bridgehead atoms. The molecule has 3 rings (SSSR count). The molecule has 0 fully saturated rings. The van der Waals surface area contributed by atoms with Gasteiger partial charge in [0.1, 0.15) is 0 Å². The quantitative estimate of drug-likeness (QED) is 0.475.